The third-order valence-corrected chi connectivity index (χ3v) is 15.2. The molecule has 0 atom stereocenters. The van der Waals surface area contributed by atoms with Crippen LogP contribution in [0.1, 0.15) is 99.5 Å². The molecule has 1 aromatic carbocycles. The third-order valence-electron chi connectivity index (χ3n) is 8.39. The SMILES string of the molecule is CC(C)[Si](C(C)C)(C(C)C)n1ccc2c(C3CCC(N(C)C(=O)OC(C)(C)C)CC3)c(F)ccc21. The molecule has 0 saturated heterocycles. The van der Waals surface area contributed by atoms with E-state index in [0.717, 1.165) is 36.6 Å². The number of hydrogen-bond acceptors (Lipinski definition) is 2. The number of amides is 1. The highest BCUT2D eigenvalue weighted by molar-refractivity contribution is 6.82. The minimum absolute atomic E-state index is 0.0925. The Hall–Kier alpha value is -1.82. The molecule has 1 aromatic heterocycles. The molecule has 1 fully saturated rings. The number of benzene rings is 1. The second-order valence-electron chi connectivity index (χ2n) is 12.5. The lowest BCUT2D eigenvalue weighted by molar-refractivity contribution is 0.0183. The molecule has 0 unspecified atom stereocenters. The molecule has 0 N–H and O–H groups in total. The van der Waals surface area contributed by atoms with E-state index in [-0.39, 0.29) is 23.9 Å². The van der Waals surface area contributed by atoms with Crippen molar-refractivity contribution >= 4 is 25.2 Å². The van der Waals surface area contributed by atoms with Crippen LogP contribution < -0.4 is 0 Å². The van der Waals surface area contributed by atoms with Crippen molar-refractivity contribution in [1.29, 1.82) is 0 Å². The third kappa shape index (κ3) is 5.18. The molecule has 196 valence electrons. The second kappa shape index (κ2) is 10.3. The van der Waals surface area contributed by atoms with Crippen LogP contribution >= 0.6 is 0 Å². The van der Waals surface area contributed by atoms with Gasteiger partial charge in [-0.05, 0) is 93.4 Å². The van der Waals surface area contributed by atoms with Crippen molar-refractivity contribution in [2.24, 2.45) is 0 Å². The van der Waals surface area contributed by atoms with E-state index in [4.69, 9.17) is 4.74 Å². The lowest BCUT2D eigenvalue weighted by atomic mass is 9.80. The Morgan fingerprint density at radius 3 is 2.03 bits per heavy atom. The Labute approximate surface area is 213 Å². The first-order chi connectivity index (χ1) is 16.2. The number of fused-ring (bicyclic) bond motifs is 1. The molecule has 35 heavy (non-hydrogen) atoms. The van der Waals surface area contributed by atoms with Crippen LogP contribution in [0.2, 0.25) is 16.6 Å². The minimum Gasteiger partial charge on any atom is -0.444 e. The van der Waals surface area contributed by atoms with Gasteiger partial charge in [0.25, 0.3) is 0 Å². The minimum atomic E-state index is -1.93. The molecule has 1 saturated carbocycles. The molecule has 1 aliphatic carbocycles. The summed E-state index contributed by atoms with van der Waals surface area (Å²) in [4.78, 5) is 14.3. The monoisotopic (exact) mass is 502 g/mol. The number of aromatic nitrogens is 1. The van der Waals surface area contributed by atoms with E-state index in [9.17, 15) is 4.79 Å². The Morgan fingerprint density at radius 2 is 1.54 bits per heavy atom. The van der Waals surface area contributed by atoms with Crippen LogP contribution in [0.25, 0.3) is 10.9 Å². The fourth-order valence-corrected chi connectivity index (χ4v) is 13.6. The van der Waals surface area contributed by atoms with Gasteiger partial charge in [0.2, 0.25) is 0 Å². The van der Waals surface area contributed by atoms with E-state index in [1.807, 2.05) is 33.9 Å². The predicted molar refractivity (Wildman–Crippen MR) is 147 cm³/mol. The number of ether oxygens (including phenoxy) is 1. The van der Waals surface area contributed by atoms with E-state index in [1.165, 1.54) is 5.52 Å². The van der Waals surface area contributed by atoms with Gasteiger partial charge in [-0.25, -0.2) is 9.18 Å². The molecule has 0 radical (unpaired) electrons. The Bertz CT molecular complexity index is 1010. The largest absolute Gasteiger partial charge is 0.444 e. The maximum Gasteiger partial charge on any atom is 0.410 e. The number of carbonyl (C=O) groups is 1. The highest BCUT2D eigenvalue weighted by atomic mass is 28.3. The van der Waals surface area contributed by atoms with Gasteiger partial charge in [0.15, 0.2) is 8.24 Å². The fourth-order valence-electron chi connectivity index (χ4n) is 7.03. The number of carbonyl (C=O) groups excluding carboxylic acids is 1. The van der Waals surface area contributed by atoms with Crippen molar-refractivity contribution in [2.75, 3.05) is 7.05 Å². The van der Waals surface area contributed by atoms with Crippen molar-refractivity contribution < 1.29 is 13.9 Å². The second-order valence-corrected chi connectivity index (χ2v) is 18.2. The van der Waals surface area contributed by atoms with E-state index in [1.54, 1.807) is 11.0 Å². The van der Waals surface area contributed by atoms with Gasteiger partial charge in [-0.1, -0.05) is 41.5 Å². The average Bonchev–Trinajstić information content (AvgIpc) is 3.16. The van der Waals surface area contributed by atoms with Crippen molar-refractivity contribution in [2.45, 2.75) is 122 Å². The number of nitrogens with zero attached hydrogens (tertiary/aromatic N) is 2. The summed E-state index contributed by atoms with van der Waals surface area (Å²) in [6.07, 6.45) is 5.45. The quantitative estimate of drug-likeness (QED) is 0.370. The summed E-state index contributed by atoms with van der Waals surface area (Å²) >= 11 is 0. The normalized spacial score (nSPS) is 19.7. The maximum absolute atomic E-state index is 15.4. The van der Waals surface area contributed by atoms with E-state index >= 15 is 4.39 Å². The molecule has 0 bridgehead atoms. The van der Waals surface area contributed by atoms with Crippen molar-refractivity contribution in [3.05, 3.63) is 35.8 Å². The van der Waals surface area contributed by atoms with Crippen LogP contribution in [0.3, 0.4) is 0 Å². The predicted octanol–water partition coefficient (Wildman–Crippen LogP) is 8.70. The molecule has 0 aliphatic heterocycles. The first-order valence-corrected chi connectivity index (χ1v) is 15.6. The van der Waals surface area contributed by atoms with Gasteiger partial charge in [-0.2, -0.15) is 0 Å². The maximum atomic E-state index is 15.4. The van der Waals surface area contributed by atoms with Gasteiger partial charge in [0.05, 0.1) is 0 Å². The lowest BCUT2D eigenvalue weighted by Crippen LogP contribution is -2.51. The van der Waals surface area contributed by atoms with Crippen molar-refractivity contribution in [3.8, 4) is 0 Å². The van der Waals surface area contributed by atoms with E-state index < -0.39 is 13.8 Å². The highest BCUT2D eigenvalue weighted by Gasteiger charge is 2.46. The zero-order valence-corrected chi connectivity index (χ0v) is 24.6. The molecule has 1 aliphatic rings. The van der Waals surface area contributed by atoms with Gasteiger partial charge in [-0.15, -0.1) is 0 Å². The first-order valence-electron chi connectivity index (χ1n) is 13.5. The molecule has 1 heterocycles. The Balaban J connectivity index is 1.91. The summed E-state index contributed by atoms with van der Waals surface area (Å²) in [5.74, 6) is 0.0798. The fraction of sp³-hybridized carbons (Fsp3) is 0.690. The number of halogens is 1. The summed E-state index contributed by atoms with van der Waals surface area (Å²) in [7, 11) is -0.100. The van der Waals surface area contributed by atoms with Gasteiger partial charge >= 0.3 is 6.09 Å². The molecular weight excluding hydrogens is 455 g/mol. The first kappa shape index (κ1) is 27.8. The Kier molecular flexibility index (Phi) is 8.15. The zero-order valence-electron chi connectivity index (χ0n) is 23.6. The Morgan fingerprint density at radius 1 is 1.00 bits per heavy atom. The molecule has 0 spiro atoms. The lowest BCUT2D eigenvalue weighted by Gasteiger charge is -2.44. The van der Waals surface area contributed by atoms with Crippen LogP contribution in [0, 0.1) is 5.82 Å². The number of hydrogen-bond donors (Lipinski definition) is 0. The standard InChI is InChI=1S/C29H47FN2O2Si/c1-19(2)35(20(3)4,21(5)6)32-18-17-24-26(32)16-15-25(30)27(24)22-11-13-23(14-12-22)31(10)28(33)34-29(7,8)9/h15-23H,11-14H2,1-10H3. The molecule has 1 amide bonds. The van der Waals surface area contributed by atoms with Gasteiger partial charge in [-0.3, -0.25) is 0 Å². The van der Waals surface area contributed by atoms with Gasteiger partial charge < -0.3 is 13.9 Å². The van der Waals surface area contributed by atoms with Gasteiger partial charge in [0, 0.05) is 29.6 Å². The van der Waals surface area contributed by atoms with Crippen LogP contribution in [-0.2, 0) is 4.74 Å². The highest BCUT2D eigenvalue weighted by Crippen LogP contribution is 2.46. The summed E-state index contributed by atoms with van der Waals surface area (Å²) in [6, 6.07) is 6.00. The molecular formula is C29H47FN2O2Si. The van der Waals surface area contributed by atoms with Crippen LogP contribution in [0.15, 0.2) is 24.4 Å². The summed E-state index contributed by atoms with van der Waals surface area (Å²) < 4.78 is 23.5. The number of rotatable bonds is 6. The topological polar surface area (TPSA) is 34.5 Å². The summed E-state index contributed by atoms with van der Waals surface area (Å²) in [5.41, 5.74) is 3.28. The molecule has 4 nitrogen and oxygen atoms in total. The van der Waals surface area contributed by atoms with Crippen molar-refractivity contribution in [3.63, 3.8) is 0 Å². The van der Waals surface area contributed by atoms with Crippen molar-refractivity contribution in [1.82, 2.24) is 9.13 Å². The molecule has 6 heteroatoms. The van der Waals surface area contributed by atoms with Crippen LogP contribution in [0.5, 0.6) is 0 Å². The summed E-state index contributed by atoms with van der Waals surface area (Å²) in [5, 5.41) is 1.08. The smallest absolute Gasteiger partial charge is 0.410 e. The summed E-state index contributed by atoms with van der Waals surface area (Å²) in [6.45, 7) is 19.9. The molecule has 3 rings (SSSR count). The van der Waals surface area contributed by atoms with E-state index in [2.05, 4.69) is 58.0 Å². The molecule has 2 aromatic rings. The van der Waals surface area contributed by atoms with Crippen LogP contribution in [0.4, 0.5) is 9.18 Å². The van der Waals surface area contributed by atoms with Gasteiger partial charge in [0.1, 0.15) is 11.4 Å². The average molecular weight is 503 g/mol. The zero-order chi connectivity index (χ0) is 26.3. The van der Waals surface area contributed by atoms with E-state index in [0.29, 0.717) is 16.6 Å². The van der Waals surface area contributed by atoms with Crippen LogP contribution in [-0.4, -0.2) is 42.2 Å².